The lowest BCUT2D eigenvalue weighted by Crippen LogP contribution is -2.27. The molecule has 3 heterocycles. The van der Waals surface area contributed by atoms with Gasteiger partial charge in [-0.2, -0.15) is 0 Å². The number of nitrogens with zero attached hydrogens (tertiary/aromatic N) is 4. The van der Waals surface area contributed by atoms with Gasteiger partial charge in [0.1, 0.15) is 24.0 Å². The lowest BCUT2D eigenvalue weighted by Gasteiger charge is -2.33. The molecule has 0 saturated heterocycles. The van der Waals surface area contributed by atoms with Crippen LogP contribution in [0.2, 0.25) is 0 Å². The van der Waals surface area contributed by atoms with Crippen LogP contribution in [-0.4, -0.2) is 16.2 Å². The number of hydrogen-bond acceptors (Lipinski definition) is 4. The predicted molar refractivity (Wildman–Crippen MR) is 307 cm³/mol. The van der Waals surface area contributed by atoms with E-state index in [2.05, 4.69) is 284 Å². The van der Waals surface area contributed by atoms with Gasteiger partial charge in [0.25, 0.3) is 0 Å². The van der Waals surface area contributed by atoms with E-state index in [1.807, 2.05) is 6.20 Å². The van der Waals surface area contributed by atoms with E-state index < -0.39 is 0 Å². The lowest BCUT2D eigenvalue weighted by molar-refractivity contribution is 0.483. The molecule has 73 heavy (non-hydrogen) atoms. The van der Waals surface area contributed by atoms with E-state index in [1.165, 1.54) is 44.5 Å². The van der Waals surface area contributed by atoms with Crippen LogP contribution in [0, 0.1) is 0 Å². The zero-order valence-electron chi connectivity index (χ0n) is 44.0. The summed E-state index contributed by atoms with van der Waals surface area (Å²) < 4.78 is 9.39. The van der Waals surface area contributed by atoms with Crippen LogP contribution in [0.1, 0.15) is 103 Å². The average molecular weight is 955 g/mol. The molecule has 8 aromatic carbocycles. The topological polar surface area (TPSA) is 33.5 Å². The Kier molecular flexibility index (Phi) is 11.7. The standard InChI is InChI=1S/C68H66N4O/c1-65(2,3)50-30-33-61-63(41-50)71(45-70(61)55-39-52(67(7,8)48-24-16-12-17-25-48)38-53(40-55)68(9,10)49-26-18-13-19-27-49)54-36-47(46-22-14-11-15-23-46)37-57(43-54)73-56-31-32-59-58-28-20-21-29-60(58)72(62(59)44-56)64-42-51(34-35-69-64)66(4,5)6/h11-44H,45H2,1-10H3. The summed E-state index contributed by atoms with van der Waals surface area (Å²) in [5.74, 6) is 2.40. The minimum absolute atomic E-state index is 0.0288. The first-order valence-corrected chi connectivity index (χ1v) is 25.8. The van der Waals surface area contributed by atoms with Crippen LogP contribution < -0.4 is 14.5 Å². The highest BCUT2D eigenvalue weighted by Crippen LogP contribution is 2.50. The number of pyridine rings is 1. The van der Waals surface area contributed by atoms with E-state index in [9.17, 15) is 0 Å². The van der Waals surface area contributed by atoms with Crippen molar-refractivity contribution in [2.45, 2.75) is 90.9 Å². The molecule has 0 amide bonds. The molecule has 0 spiro atoms. The Labute approximate surface area is 432 Å². The molecule has 364 valence electrons. The zero-order chi connectivity index (χ0) is 50.9. The van der Waals surface area contributed by atoms with Crippen molar-refractivity contribution in [3.63, 3.8) is 0 Å². The maximum atomic E-state index is 7.11. The fourth-order valence-electron chi connectivity index (χ4n) is 10.7. The van der Waals surface area contributed by atoms with E-state index in [0.29, 0.717) is 6.67 Å². The number of hydrogen-bond donors (Lipinski definition) is 0. The number of rotatable bonds is 10. The molecule has 5 heteroatoms. The molecule has 10 aromatic rings. The van der Waals surface area contributed by atoms with Crippen LogP contribution in [0.25, 0.3) is 38.8 Å². The van der Waals surface area contributed by atoms with Crippen molar-refractivity contribution in [2.24, 2.45) is 0 Å². The van der Waals surface area contributed by atoms with Crippen LogP contribution in [0.4, 0.5) is 22.7 Å². The minimum Gasteiger partial charge on any atom is -0.457 e. The van der Waals surface area contributed by atoms with Crippen LogP contribution in [0.5, 0.6) is 11.5 Å². The fraction of sp³-hybridized carbons (Fsp3) is 0.221. The quantitative estimate of drug-likeness (QED) is 0.137. The van der Waals surface area contributed by atoms with Crippen LogP contribution >= 0.6 is 0 Å². The summed E-state index contributed by atoms with van der Waals surface area (Å²) in [7, 11) is 0. The maximum Gasteiger partial charge on any atom is 0.137 e. The Morgan fingerprint density at radius 3 is 1.59 bits per heavy atom. The average Bonchev–Trinajstić information content (AvgIpc) is 3.95. The molecule has 0 unspecified atom stereocenters. The van der Waals surface area contributed by atoms with Gasteiger partial charge in [0.15, 0.2) is 0 Å². The summed E-state index contributed by atoms with van der Waals surface area (Å²) in [5.41, 5.74) is 15.9. The third kappa shape index (κ3) is 8.86. The molecule has 11 rings (SSSR count). The molecular weight excluding hydrogens is 889 g/mol. The van der Waals surface area contributed by atoms with Gasteiger partial charge in [-0.3, -0.25) is 4.57 Å². The first-order chi connectivity index (χ1) is 34.9. The highest BCUT2D eigenvalue weighted by molar-refractivity contribution is 6.09. The van der Waals surface area contributed by atoms with Crippen molar-refractivity contribution in [1.29, 1.82) is 0 Å². The monoisotopic (exact) mass is 955 g/mol. The van der Waals surface area contributed by atoms with Gasteiger partial charge in [-0.15, -0.1) is 0 Å². The number of benzene rings is 8. The summed E-state index contributed by atoms with van der Waals surface area (Å²) in [5, 5.41) is 2.33. The molecule has 0 fully saturated rings. The molecule has 0 aliphatic carbocycles. The Morgan fingerprint density at radius 1 is 0.384 bits per heavy atom. The van der Waals surface area contributed by atoms with Crippen molar-refractivity contribution in [3.05, 3.63) is 240 Å². The largest absolute Gasteiger partial charge is 0.457 e. The summed E-state index contributed by atoms with van der Waals surface area (Å²) in [4.78, 5) is 9.95. The van der Waals surface area contributed by atoms with Gasteiger partial charge >= 0.3 is 0 Å². The van der Waals surface area contributed by atoms with Crippen LogP contribution in [-0.2, 0) is 21.7 Å². The van der Waals surface area contributed by atoms with Crippen molar-refractivity contribution in [3.8, 4) is 28.4 Å². The Morgan fingerprint density at radius 2 is 0.945 bits per heavy atom. The summed E-state index contributed by atoms with van der Waals surface area (Å²) >= 11 is 0. The predicted octanol–water partition coefficient (Wildman–Crippen LogP) is 18.1. The number of anilines is 4. The molecule has 1 aliphatic heterocycles. The molecule has 0 N–H and O–H groups in total. The van der Waals surface area contributed by atoms with Crippen molar-refractivity contribution in [1.82, 2.24) is 9.55 Å². The van der Waals surface area contributed by atoms with E-state index in [1.54, 1.807) is 0 Å². The van der Waals surface area contributed by atoms with Gasteiger partial charge in [0, 0.05) is 51.3 Å². The molecule has 1 aliphatic rings. The normalized spacial score (nSPS) is 13.2. The summed E-state index contributed by atoms with van der Waals surface area (Å²) in [6, 6.07) is 73.1. The lowest BCUT2D eigenvalue weighted by atomic mass is 9.73. The minimum atomic E-state index is -0.266. The SMILES string of the molecule is CC(C)(C)c1ccnc(-n2c3ccccc3c3ccc(Oc4cc(-c5ccccc5)cc(N5CN(c6cc(C(C)(C)c7ccccc7)cc(C(C)(C)c7ccccc7)c6)c6ccc(C(C)(C)C)cc65)c4)cc32)c1. The number of ether oxygens (including phenoxy) is 1. The van der Waals surface area contributed by atoms with Crippen molar-refractivity contribution >= 4 is 44.6 Å². The van der Waals surface area contributed by atoms with Gasteiger partial charge in [0.2, 0.25) is 0 Å². The second-order valence-electron chi connectivity index (χ2n) is 23.1. The second-order valence-corrected chi connectivity index (χ2v) is 23.1. The van der Waals surface area contributed by atoms with Crippen LogP contribution in [0.3, 0.4) is 0 Å². The number of fused-ring (bicyclic) bond motifs is 4. The van der Waals surface area contributed by atoms with Crippen molar-refractivity contribution < 1.29 is 4.74 Å². The van der Waals surface area contributed by atoms with Crippen LogP contribution in [0.15, 0.2) is 206 Å². The van der Waals surface area contributed by atoms with E-state index in [0.717, 1.165) is 61.9 Å². The summed E-state index contributed by atoms with van der Waals surface area (Å²) in [6.07, 6.45) is 1.93. The molecule has 5 nitrogen and oxygen atoms in total. The second kappa shape index (κ2) is 18.0. The summed E-state index contributed by atoms with van der Waals surface area (Å²) in [6.45, 7) is 23.7. The Bertz CT molecular complexity index is 3580. The smallest absolute Gasteiger partial charge is 0.137 e. The highest BCUT2D eigenvalue weighted by Gasteiger charge is 2.34. The van der Waals surface area contributed by atoms with Gasteiger partial charge in [-0.1, -0.05) is 191 Å². The molecular formula is C68H66N4O. The van der Waals surface area contributed by atoms with E-state index >= 15 is 0 Å². The molecule has 0 radical (unpaired) electrons. The maximum absolute atomic E-state index is 7.11. The van der Waals surface area contributed by atoms with Gasteiger partial charge in [0.05, 0.1) is 22.4 Å². The van der Waals surface area contributed by atoms with E-state index in [4.69, 9.17) is 9.72 Å². The molecule has 0 atom stereocenters. The molecule has 0 saturated carbocycles. The van der Waals surface area contributed by atoms with Gasteiger partial charge in [-0.25, -0.2) is 4.98 Å². The molecule has 2 aromatic heterocycles. The third-order valence-electron chi connectivity index (χ3n) is 15.4. The molecule has 0 bridgehead atoms. The van der Waals surface area contributed by atoms with Crippen molar-refractivity contribution in [2.75, 3.05) is 16.5 Å². The highest BCUT2D eigenvalue weighted by atomic mass is 16.5. The van der Waals surface area contributed by atoms with Gasteiger partial charge < -0.3 is 14.5 Å². The van der Waals surface area contributed by atoms with Gasteiger partial charge in [-0.05, 0) is 122 Å². The first-order valence-electron chi connectivity index (χ1n) is 25.8. The van der Waals surface area contributed by atoms with E-state index in [-0.39, 0.29) is 21.7 Å². The Hall–Kier alpha value is -7.89. The fourth-order valence-corrected chi connectivity index (χ4v) is 10.7. The Balaban J connectivity index is 1.06. The zero-order valence-corrected chi connectivity index (χ0v) is 44.0. The number of para-hydroxylation sites is 1. The number of aromatic nitrogens is 2. The first kappa shape index (κ1) is 47.4. The third-order valence-corrected chi connectivity index (χ3v) is 15.4.